The van der Waals surface area contributed by atoms with Crippen LogP contribution in [0.3, 0.4) is 0 Å². The van der Waals surface area contributed by atoms with Crippen molar-refractivity contribution in [2.24, 2.45) is 5.73 Å². The van der Waals surface area contributed by atoms with Crippen molar-refractivity contribution in [2.45, 2.75) is 11.8 Å². The predicted molar refractivity (Wildman–Crippen MR) is 97.1 cm³/mol. The van der Waals surface area contributed by atoms with Gasteiger partial charge in [0.2, 0.25) is 5.91 Å². The van der Waals surface area contributed by atoms with Gasteiger partial charge in [0.25, 0.3) is 0 Å². The quantitative estimate of drug-likeness (QED) is 0.642. The first-order valence-corrected chi connectivity index (χ1v) is 8.79. The van der Waals surface area contributed by atoms with E-state index >= 15 is 0 Å². The number of aromatic nitrogens is 3. The second-order valence-electron chi connectivity index (χ2n) is 5.07. The molecule has 0 atom stereocenters. The number of rotatable bonds is 7. The minimum atomic E-state index is -0.413. The molecule has 0 aliphatic heterocycles. The van der Waals surface area contributed by atoms with Crippen LogP contribution in [0.25, 0.3) is 5.69 Å². The van der Waals surface area contributed by atoms with Gasteiger partial charge in [0.05, 0.1) is 5.75 Å². The summed E-state index contributed by atoms with van der Waals surface area (Å²) in [4.78, 5) is 11.1. The summed E-state index contributed by atoms with van der Waals surface area (Å²) >= 11 is 7.20. The molecule has 1 heterocycles. The average molecular weight is 375 g/mol. The van der Waals surface area contributed by atoms with Crippen molar-refractivity contribution in [1.82, 2.24) is 14.8 Å². The second-order valence-corrected chi connectivity index (χ2v) is 6.45. The summed E-state index contributed by atoms with van der Waals surface area (Å²) in [5, 5.41) is 9.52. The fraction of sp³-hybridized carbons (Fsp3) is 0.118. The summed E-state index contributed by atoms with van der Waals surface area (Å²) in [6.45, 7) is 0.208. The van der Waals surface area contributed by atoms with E-state index in [0.717, 1.165) is 5.69 Å². The third kappa shape index (κ3) is 4.52. The van der Waals surface area contributed by atoms with E-state index in [1.807, 2.05) is 47.0 Å². The highest BCUT2D eigenvalue weighted by molar-refractivity contribution is 7.99. The van der Waals surface area contributed by atoms with E-state index in [-0.39, 0.29) is 12.4 Å². The minimum absolute atomic E-state index is 0.125. The number of hydrogen-bond donors (Lipinski definition) is 1. The molecule has 1 amide bonds. The Morgan fingerprint density at radius 2 is 1.96 bits per heavy atom. The molecule has 0 radical (unpaired) electrons. The summed E-state index contributed by atoms with van der Waals surface area (Å²) < 4.78 is 7.61. The molecular weight excluding hydrogens is 360 g/mol. The molecule has 3 aromatic rings. The number of thioether (sulfide) groups is 1. The van der Waals surface area contributed by atoms with Gasteiger partial charge < -0.3 is 10.5 Å². The zero-order valence-corrected chi connectivity index (χ0v) is 14.7. The van der Waals surface area contributed by atoms with Gasteiger partial charge >= 0.3 is 0 Å². The van der Waals surface area contributed by atoms with Gasteiger partial charge in [-0.15, -0.1) is 10.2 Å². The molecule has 0 aliphatic carbocycles. The van der Waals surface area contributed by atoms with Crippen molar-refractivity contribution in [1.29, 1.82) is 0 Å². The Morgan fingerprint density at radius 3 is 2.68 bits per heavy atom. The van der Waals surface area contributed by atoms with Crippen LogP contribution in [0.2, 0.25) is 5.02 Å². The van der Waals surface area contributed by atoms with Crippen molar-refractivity contribution in [3.8, 4) is 11.4 Å². The number of nitrogens with zero attached hydrogens (tertiary/aromatic N) is 3. The average Bonchev–Trinajstić information content (AvgIpc) is 3.02. The van der Waals surface area contributed by atoms with Crippen molar-refractivity contribution in [2.75, 3.05) is 5.75 Å². The predicted octanol–water partition coefficient (Wildman–Crippen LogP) is 3.08. The molecule has 0 aliphatic rings. The van der Waals surface area contributed by atoms with Crippen LogP contribution in [0.4, 0.5) is 0 Å². The maximum Gasteiger partial charge on any atom is 0.227 e. The van der Waals surface area contributed by atoms with Gasteiger partial charge in [0.1, 0.15) is 12.4 Å². The van der Waals surface area contributed by atoms with E-state index in [1.165, 1.54) is 11.8 Å². The molecule has 25 heavy (non-hydrogen) atoms. The standard InChI is InChI=1S/C17H15ClN4O2S/c18-12-5-4-8-14(9-12)24-10-16-20-21-17(25-11-15(19)23)22(16)13-6-2-1-3-7-13/h1-9H,10-11H2,(H2,19,23). The molecule has 8 heteroatoms. The van der Waals surface area contributed by atoms with Crippen molar-refractivity contribution < 1.29 is 9.53 Å². The van der Waals surface area contributed by atoms with E-state index in [4.69, 9.17) is 22.1 Å². The molecule has 3 rings (SSSR count). The molecule has 0 fully saturated rings. The summed E-state index contributed by atoms with van der Waals surface area (Å²) in [6.07, 6.45) is 0. The van der Waals surface area contributed by atoms with Gasteiger partial charge in [-0.2, -0.15) is 0 Å². The number of para-hydroxylation sites is 1. The second kappa shape index (κ2) is 8.04. The Kier molecular flexibility index (Phi) is 5.57. The van der Waals surface area contributed by atoms with E-state index in [0.29, 0.717) is 21.8 Å². The van der Waals surface area contributed by atoms with Crippen molar-refractivity contribution >= 4 is 29.3 Å². The van der Waals surface area contributed by atoms with Crippen LogP contribution >= 0.6 is 23.4 Å². The molecule has 0 spiro atoms. The number of amides is 1. The maximum atomic E-state index is 11.1. The molecule has 0 bridgehead atoms. The number of nitrogens with two attached hydrogens (primary N) is 1. The number of hydrogen-bond acceptors (Lipinski definition) is 5. The third-order valence-corrected chi connectivity index (χ3v) is 4.41. The number of halogens is 1. The van der Waals surface area contributed by atoms with Crippen LogP contribution in [0.1, 0.15) is 5.82 Å². The Labute approximate surface area is 154 Å². The highest BCUT2D eigenvalue weighted by Gasteiger charge is 2.15. The Hall–Kier alpha value is -2.51. The van der Waals surface area contributed by atoms with Crippen LogP contribution in [0.15, 0.2) is 59.8 Å². The summed E-state index contributed by atoms with van der Waals surface area (Å²) in [7, 11) is 0. The lowest BCUT2D eigenvalue weighted by atomic mass is 10.3. The first-order valence-electron chi connectivity index (χ1n) is 7.42. The molecule has 128 valence electrons. The zero-order valence-electron chi connectivity index (χ0n) is 13.1. The Balaban J connectivity index is 1.86. The summed E-state index contributed by atoms with van der Waals surface area (Å²) in [5.41, 5.74) is 6.11. The smallest absolute Gasteiger partial charge is 0.227 e. The molecule has 0 saturated carbocycles. The third-order valence-electron chi connectivity index (χ3n) is 3.22. The van der Waals surface area contributed by atoms with E-state index in [1.54, 1.807) is 12.1 Å². The highest BCUT2D eigenvalue weighted by atomic mass is 35.5. The first kappa shape index (κ1) is 17.3. The lowest BCUT2D eigenvalue weighted by Gasteiger charge is -2.11. The van der Waals surface area contributed by atoms with Gasteiger partial charge in [-0.25, -0.2) is 0 Å². The van der Waals surface area contributed by atoms with Gasteiger partial charge in [-0.1, -0.05) is 47.6 Å². The number of benzene rings is 2. The van der Waals surface area contributed by atoms with Crippen molar-refractivity contribution in [3.05, 3.63) is 65.4 Å². The highest BCUT2D eigenvalue weighted by Crippen LogP contribution is 2.23. The Morgan fingerprint density at radius 1 is 1.16 bits per heavy atom. The number of primary amides is 1. The van der Waals surface area contributed by atoms with Crippen LogP contribution in [-0.2, 0) is 11.4 Å². The van der Waals surface area contributed by atoms with Crippen LogP contribution in [-0.4, -0.2) is 26.4 Å². The first-order chi connectivity index (χ1) is 12.1. The van der Waals surface area contributed by atoms with E-state index in [2.05, 4.69) is 10.2 Å². The minimum Gasteiger partial charge on any atom is -0.486 e. The van der Waals surface area contributed by atoms with Gasteiger partial charge in [0.15, 0.2) is 11.0 Å². The summed E-state index contributed by atoms with van der Waals surface area (Å²) in [5.74, 6) is 0.962. The molecule has 0 unspecified atom stereocenters. The van der Waals surface area contributed by atoms with Crippen LogP contribution in [0.5, 0.6) is 5.75 Å². The monoisotopic (exact) mass is 374 g/mol. The molecular formula is C17H15ClN4O2S. The number of ether oxygens (including phenoxy) is 1. The fourth-order valence-electron chi connectivity index (χ4n) is 2.16. The zero-order chi connectivity index (χ0) is 17.6. The topological polar surface area (TPSA) is 83.0 Å². The maximum absolute atomic E-state index is 11.1. The largest absolute Gasteiger partial charge is 0.486 e. The van der Waals surface area contributed by atoms with Gasteiger partial charge in [-0.05, 0) is 30.3 Å². The van der Waals surface area contributed by atoms with Gasteiger partial charge in [0, 0.05) is 10.7 Å². The number of carbonyl (C=O) groups excluding carboxylic acids is 1. The van der Waals surface area contributed by atoms with E-state index in [9.17, 15) is 4.79 Å². The van der Waals surface area contributed by atoms with Crippen LogP contribution in [0, 0.1) is 0 Å². The lowest BCUT2D eigenvalue weighted by Crippen LogP contribution is -2.14. The van der Waals surface area contributed by atoms with Crippen LogP contribution < -0.4 is 10.5 Å². The number of carbonyl (C=O) groups is 1. The van der Waals surface area contributed by atoms with E-state index < -0.39 is 5.91 Å². The SMILES string of the molecule is NC(=O)CSc1nnc(COc2cccc(Cl)c2)n1-c1ccccc1. The Bertz CT molecular complexity index is 870. The summed E-state index contributed by atoms with van der Waals surface area (Å²) in [6, 6.07) is 16.8. The fourth-order valence-corrected chi connectivity index (χ4v) is 3.05. The molecule has 2 N–H and O–H groups in total. The van der Waals surface area contributed by atoms with Crippen molar-refractivity contribution in [3.63, 3.8) is 0 Å². The van der Waals surface area contributed by atoms with Gasteiger partial charge in [-0.3, -0.25) is 9.36 Å². The normalized spacial score (nSPS) is 10.6. The molecule has 6 nitrogen and oxygen atoms in total. The lowest BCUT2D eigenvalue weighted by molar-refractivity contribution is -0.115. The molecule has 0 saturated heterocycles. The molecule has 1 aromatic heterocycles. The molecule has 2 aromatic carbocycles.